The number of hydrogen-bond acceptors (Lipinski definition) is 3. The van der Waals surface area contributed by atoms with Crippen LogP contribution >= 0.6 is 0 Å². The molecule has 0 saturated heterocycles. The Morgan fingerprint density at radius 3 is 2.06 bits per heavy atom. The van der Waals surface area contributed by atoms with Gasteiger partial charge in [-0.25, -0.2) is 4.79 Å². The molecule has 0 aliphatic heterocycles. The maximum absolute atomic E-state index is 11.4. The molecule has 1 aromatic rings. The number of allylic oxidation sites excluding steroid dienone is 3. The Morgan fingerprint density at radius 2 is 1.59 bits per heavy atom. The summed E-state index contributed by atoms with van der Waals surface area (Å²) in [5.74, 6) is -0.0932. The van der Waals surface area contributed by atoms with Crippen LogP contribution < -0.4 is 9.47 Å². The largest absolute Gasteiger partial charge is 0.493 e. The molecule has 0 aromatic heterocycles. The third-order valence-electron chi connectivity index (χ3n) is 3.26. The Balaban J connectivity index is -0.000000439. The molecule has 0 fully saturated rings. The normalized spacial score (nSPS) is 9.38. The summed E-state index contributed by atoms with van der Waals surface area (Å²) in [4.78, 5) is 11.4. The summed E-state index contributed by atoms with van der Waals surface area (Å²) >= 11 is 0. The lowest BCUT2D eigenvalue weighted by molar-refractivity contribution is 0.0692. The standard InChI is InChI=1S/C20H26O4.4C2H6/c1-4-7-10-16(9-6-3)15-24-19-14-17(23-13-8-5-2)11-12-18(19)20(21)22;4*1-2/h4,7,9-12,14H,1,5-6,8,13,15H2,2-3H3,(H,21,22);4*1-2H3/b10-7-,16-9+;;;;. The third kappa shape index (κ3) is 19.5. The highest BCUT2D eigenvalue weighted by Gasteiger charge is 2.13. The molecule has 4 heteroatoms. The first kappa shape index (κ1) is 36.9. The smallest absolute Gasteiger partial charge is 0.339 e. The quantitative estimate of drug-likeness (QED) is 0.270. The average molecular weight is 451 g/mol. The fourth-order valence-electron chi connectivity index (χ4n) is 2.01. The van der Waals surface area contributed by atoms with E-state index < -0.39 is 5.97 Å². The van der Waals surface area contributed by atoms with Gasteiger partial charge in [0.05, 0.1) is 6.61 Å². The van der Waals surface area contributed by atoms with Crippen LogP contribution in [0, 0.1) is 0 Å². The Bertz CT molecular complexity index is 601. The zero-order chi connectivity index (χ0) is 25.8. The summed E-state index contributed by atoms with van der Waals surface area (Å²) in [6, 6.07) is 4.81. The first-order chi connectivity index (χ1) is 15.6. The first-order valence-corrected chi connectivity index (χ1v) is 12.2. The molecule has 0 aliphatic rings. The molecule has 0 atom stereocenters. The number of ether oxygens (including phenoxy) is 2. The molecule has 186 valence electrons. The monoisotopic (exact) mass is 450 g/mol. The molecule has 0 amide bonds. The Morgan fingerprint density at radius 1 is 1.00 bits per heavy atom. The fourth-order valence-corrected chi connectivity index (χ4v) is 2.01. The van der Waals surface area contributed by atoms with Crippen molar-refractivity contribution < 1.29 is 19.4 Å². The average Bonchev–Trinajstić information content (AvgIpc) is 2.86. The van der Waals surface area contributed by atoms with Crippen LogP contribution in [0.5, 0.6) is 11.5 Å². The van der Waals surface area contributed by atoms with Gasteiger partial charge in [-0.05, 0) is 30.5 Å². The van der Waals surface area contributed by atoms with Crippen LogP contribution in [0.3, 0.4) is 0 Å². The van der Waals surface area contributed by atoms with Crippen molar-refractivity contribution in [2.45, 2.75) is 88.5 Å². The maximum Gasteiger partial charge on any atom is 0.339 e. The van der Waals surface area contributed by atoms with Crippen molar-refractivity contribution in [1.82, 2.24) is 0 Å². The number of aromatic carboxylic acids is 1. The van der Waals surface area contributed by atoms with Gasteiger partial charge in [-0.2, -0.15) is 0 Å². The lowest BCUT2D eigenvalue weighted by atomic mass is 10.2. The fraction of sp³-hybridized carbons (Fsp3) is 0.536. The van der Waals surface area contributed by atoms with Crippen LogP contribution in [-0.2, 0) is 0 Å². The van der Waals surface area contributed by atoms with Crippen molar-refractivity contribution in [3.63, 3.8) is 0 Å². The minimum Gasteiger partial charge on any atom is -0.493 e. The van der Waals surface area contributed by atoms with Crippen molar-refractivity contribution in [3.05, 3.63) is 60.2 Å². The highest BCUT2D eigenvalue weighted by Crippen LogP contribution is 2.26. The molecule has 1 aromatic carbocycles. The minimum atomic E-state index is -1.02. The van der Waals surface area contributed by atoms with Gasteiger partial charge in [-0.15, -0.1) is 0 Å². The number of carboxylic acid groups (broad SMARTS) is 1. The van der Waals surface area contributed by atoms with Crippen molar-refractivity contribution in [2.75, 3.05) is 13.2 Å². The van der Waals surface area contributed by atoms with Gasteiger partial charge in [-0.1, -0.05) is 107 Å². The second kappa shape index (κ2) is 30.7. The number of rotatable bonds is 11. The van der Waals surface area contributed by atoms with Gasteiger partial charge in [0.2, 0.25) is 0 Å². The summed E-state index contributed by atoms with van der Waals surface area (Å²) in [5, 5.41) is 9.32. The van der Waals surface area contributed by atoms with Crippen LogP contribution in [-0.4, -0.2) is 24.3 Å². The molecule has 4 nitrogen and oxygen atoms in total. The molecular formula is C28H50O4. The molecule has 1 rings (SSSR count). The van der Waals surface area contributed by atoms with Gasteiger partial charge in [0.25, 0.3) is 0 Å². The lowest BCUT2D eigenvalue weighted by Crippen LogP contribution is -2.06. The zero-order valence-corrected chi connectivity index (χ0v) is 22.5. The molecule has 0 unspecified atom stereocenters. The van der Waals surface area contributed by atoms with E-state index in [2.05, 4.69) is 13.5 Å². The van der Waals surface area contributed by atoms with E-state index in [0.717, 1.165) is 24.8 Å². The lowest BCUT2D eigenvalue weighted by Gasteiger charge is -2.12. The Kier molecular flexibility index (Phi) is 35.4. The summed E-state index contributed by atoms with van der Waals surface area (Å²) < 4.78 is 11.4. The molecule has 0 aliphatic carbocycles. The number of benzene rings is 1. The van der Waals surface area contributed by atoms with Gasteiger partial charge >= 0.3 is 5.97 Å². The predicted octanol–water partition coefficient (Wildman–Crippen LogP) is 9.13. The van der Waals surface area contributed by atoms with E-state index in [1.165, 1.54) is 6.07 Å². The maximum atomic E-state index is 11.4. The van der Waals surface area contributed by atoms with Crippen LogP contribution in [0.4, 0.5) is 0 Å². The van der Waals surface area contributed by atoms with E-state index in [-0.39, 0.29) is 12.2 Å². The molecule has 0 bridgehead atoms. The second-order valence-electron chi connectivity index (χ2n) is 5.24. The molecule has 0 heterocycles. The zero-order valence-electron chi connectivity index (χ0n) is 22.5. The number of carbonyl (C=O) groups is 1. The molecule has 0 spiro atoms. The number of hydrogen-bond donors (Lipinski definition) is 1. The van der Waals surface area contributed by atoms with E-state index in [9.17, 15) is 9.90 Å². The second-order valence-corrected chi connectivity index (χ2v) is 5.24. The molecule has 1 N–H and O–H groups in total. The van der Waals surface area contributed by atoms with Gasteiger partial charge < -0.3 is 14.6 Å². The summed E-state index contributed by atoms with van der Waals surface area (Å²) in [6.07, 6.45) is 10.3. The number of unbranched alkanes of at least 4 members (excludes halogenated alkanes) is 1. The van der Waals surface area contributed by atoms with Gasteiger partial charge in [0.1, 0.15) is 23.7 Å². The van der Waals surface area contributed by atoms with Crippen LogP contribution in [0.25, 0.3) is 0 Å². The topological polar surface area (TPSA) is 55.8 Å². The highest BCUT2D eigenvalue weighted by molar-refractivity contribution is 5.91. The van der Waals surface area contributed by atoms with Crippen LogP contribution in [0.1, 0.15) is 98.9 Å². The molecule has 0 radical (unpaired) electrons. The molecule has 0 saturated carbocycles. The van der Waals surface area contributed by atoms with E-state index in [0.29, 0.717) is 18.1 Å². The van der Waals surface area contributed by atoms with E-state index in [1.54, 1.807) is 18.2 Å². The SMILES string of the molecule is C=C/C=C\C(=C/CC)COc1cc(OCCCC)ccc1C(=O)O.CC.CC.CC.CC. The molecule has 32 heavy (non-hydrogen) atoms. The van der Waals surface area contributed by atoms with Crippen molar-refractivity contribution >= 4 is 5.97 Å². The van der Waals surface area contributed by atoms with Gasteiger partial charge in [-0.3, -0.25) is 0 Å². The predicted molar refractivity (Wildman–Crippen MR) is 142 cm³/mol. The molecular weight excluding hydrogens is 400 g/mol. The van der Waals surface area contributed by atoms with Gasteiger partial charge in [0, 0.05) is 6.07 Å². The van der Waals surface area contributed by atoms with Crippen molar-refractivity contribution in [1.29, 1.82) is 0 Å². The number of carboxylic acids is 1. The Hall–Kier alpha value is -2.49. The minimum absolute atomic E-state index is 0.126. The van der Waals surface area contributed by atoms with Crippen molar-refractivity contribution in [3.8, 4) is 11.5 Å². The van der Waals surface area contributed by atoms with E-state index in [4.69, 9.17) is 9.47 Å². The van der Waals surface area contributed by atoms with Crippen LogP contribution in [0.2, 0.25) is 0 Å². The van der Waals surface area contributed by atoms with Crippen molar-refractivity contribution in [2.24, 2.45) is 0 Å². The summed E-state index contributed by atoms with van der Waals surface area (Å²) in [6.45, 7) is 24.7. The van der Waals surface area contributed by atoms with E-state index >= 15 is 0 Å². The Labute approximate surface area is 199 Å². The highest BCUT2D eigenvalue weighted by atomic mass is 16.5. The summed E-state index contributed by atoms with van der Waals surface area (Å²) in [5.41, 5.74) is 1.09. The summed E-state index contributed by atoms with van der Waals surface area (Å²) in [7, 11) is 0. The van der Waals surface area contributed by atoms with Crippen LogP contribution in [0.15, 0.2) is 54.7 Å². The van der Waals surface area contributed by atoms with E-state index in [1.807, 2.05) is 80.5 Å². The first-order valence-electron chi connectivity index (χ1n) is 12.2. The third-order valence-corrected chi connectivity index (χ3v) is 3.26. The van der Waals surface area contributed by atoms with Gasteiger partial charge in [0.15, 0.2) is 0 Å².